The van der Waals surface area contributed by atoms with Gasteiger partial charge in [0.2, 0.25) is 0 Å². The predicted molar refractivity (Wildman–Crippen MR) is 103 cm³/mol. The smallest absolute Gasteiger partial charge is 0.337 e. The monoisotopic (exact) mass is 368 g/mol. The first-order chi connectivity index (χ1) is 12.5. The van der Waals surface area contributed by atoms with Gasteiger partial charge in [-0.05, 0) is 36.3 Å². The topological polar surface area (TPSA) is 71.7 Å². The molecule has 2 aromatic heterocycles. The van der Waals surface area contributed by atoms with Gasteiger partial charge >= 0.3 is 5.97 Å². The van der Waals surface area contributed by atoms with E-state index in [0.29, 0.717) is 28.3 Å². The summed E-state index contributed by atoms with van der Waals surface area (Å²) in [6, 6.07) is 10.4. The normalized spacial score (nSPS) is 11.3. The number of halogens is 1. The van der Waals surface area contributed by atoms with Crippen LogP contribution in [0.4, 0.5) is 0 Å². The largest absolute Gasteiger partial charge is 0.478 e. The highest BCUT2D eigenvalue weighted by Crippen LogP contribution is 2.19. The summed E-state index contributed by atoms with van der Waals surface area (Å²) in [7, 11) is 0. The van der Waals surface area contributed by atoms with Crippen molar-refractivity contribution >= 4 is 35.4 Å². The van der Waals surface area contributed by atoms with Crippen LogP contribution in [0.1, 0.15) is 40.5 Å². The zero-order valence-electron chi connectivity index (χ0n) is 14.1. The van der Waals surface area contributed by atoms with E-state index in [2.05, 4.69) is 4.98 Å². The first-order valence-electron chi connectivity index (χ1n) is 8.22. The number of benzene rings is 1. The number of carboxylic acids is 1. The molecule has 6 heteroatoms. The van der Waals surface area contributed by atoms with Crippen molar-refractivity contribution in [3.05, 3.63) is 80.4 Å². The molecule has 0 aliphatic rings. The number of aromatic carboxylic acids is 1. The molecule has 5 nitrogen and oxygen atoms in total. The highest BCUT2D eigenvalue weighted by molar-refractivity contribution is 6.32. The number of fused-ring (bicyclic) bond motifs is 1. The van der Waals surface area contributed by atoms with E-state index in [4.69, 9.17) is 16.7 Å². The number of carbonyl (C=O) groups is 1. The van der Waals surface area contributed by atoms with Crippen molar-refractivity contribution in [2.45, 2.75) is 19.8 Å². The molecular formula is C20H17ClN2O3. The van der Waals surface area contributed by atoms with Crippen LogP contribution in [0.3, 0.4) is 0 Å². The van der Waals surface area contributed by atoms with Gasteiger partial charge in [-0.15, -0.1) is 0 Å². The Morgan fingerprint density at radius 1 is 1.23 bits per heavy atom. The van der Waals surface area contributed by atoms with Crippen molar-refractivity contribution in [2.24, 2.45) is 0 Å². The summed E-state index contributed by atoms with van der Waals surface area (Å²) in [5.41, 5.74) is 2.15. The molecule has 0 saturated carbocycles. The summed E-state index contributed by atoms with van der Waals surface area (Å²) in [6.45, 7) is 1.98. The average Bonchev–Trinajstić information content (AvgIpc) is 2.63. The van der Waals surface area contributed by atoms with Crippen LogP contribution in [-0.4, -0.2) is 20.5 Å². The molecule has 0 bridgehead atoms. The summed E-state index contributed by atoms with van der Waals surface area (Å²) in [5, 5.41) is 9.75. The van der Waals surface area contributed by atoms with E-state index in [-0.39, 0.29) is 11.1 Å². The van der Waals surface area contributed by atoms with E-state index in [1.54, 1.807) is 12.1 Å². The quantitative estimate of drug-likeness (QED) is 0.733. The van der Waals surface area contributed by atoms with Gasteiger partial charge in [0, 0.05) is 16.8 Å². The number of aromatic nitrogens is 2. The number of pyridine rings is 1. The van der Waals surface area contributed by atoms with Crippen LogP contribution in [-0.2, 0) is 6.42 Å². The molecule has 0 atom stereocenters. The third-order valence-corrected chi connectivity index (χ3v) is 4.37. The second-order valence-electron chi connectivity index (χ2n) is 5.84. The lowest BCUT2D eigenvalue weighted by atomic mass is 10.1. The van der Waals surface area contributed by atoms with Crippen LogP contribution in [0.25, 0.3) is 17.8 Å². The van der Waals surface area contributed by atoms with Crippen molar-refractivity contribution in [3.8, 4) is 0 Å². The van der Waals surface area contributed by atoms with E-state index in [1.165, 1.54) is 22.7 Å². The average molecular weight is 369 g/mol. The van der Waals surface area contributed by atoms with E-state index in [0.717, 1.165) is 12.0 Å². The first kappa shape index (κ1) is 17.9. The number of hydrogen-bond donors (Lipinski definition) is 1. The van der Waals surface area contributed by atoms with Gasteiger partial charge in [0.15, 0.2) is 0 Å². The Kier molecular flexibility index (Phi) is 5.19. The molecular weight excluding hydrogens is 352 g/mol. The Hall–Kier alpha value is -2.92. The molecule has 132 valence electrons. The standard InChI is InChI=1S/C20H17ClN2O3/c1-2-5-15-17(10-8-13-6-3-4-7-16(13)21)22-18-11-9-14(20(25)26)12-23(18)19(15)24/h3-4,6-12H,2,5H2,1H3,(H,25,26)/b10-8+. The van der Waals surface area contributed by atoms with Crippen LogP contribution < -0.4 is 5.56 Å². The minimum atomic E-state index is -1.08. The minimum absolute atomic E-state index is 0.0446. The Morgan fingerprint density at radius 3 is 2.69 bits per heavy atom. The molecule has 0 aliphatic heterocycles. The third kappa shape index (κ3) is 3.53. The number of nitrogens with zero attached hydrogens (tertiary/aromatic N) is 2. The van der Waals surface area contributed by atoms with Crippen molar-refractivity contribution < 1.29 is 9.90 Å². The molecule has 3 rings (SSSR count). The van der Waals surface area contributed by atoms with Crippen molar-refractivity contribution in [3.63, 3.8) is 0 Å². The molecule has 3 aromatic rings. The van der Waals surface area contributed by atoms with Gasteiger partial charge in [0.1, 0.15) is 5.65 Å². The van der Waals surface area contributed by atoms with Crippen molar-refractivity contribution in [2.75, 3.05) is 0 Å². The van der Waals surface area contributed by atoms with E-state index in [9.17, 15) is 9.59 Å². The molecule has 0 saturated heterocycles. The van der Waals surface area contributed by atoms with Crippen LogP contribution in [0.15, 0.2) is 47.4 Å². The summed E-state index contributed by atoms with van der Waals surface area (Å²) in [4.78, 5) is 28.6. The summed E-state index contributed by atoms with van der Waals surface area (Å²) in [5.74, 6) is -1.08. The summed E-state index contributed by atoms with van der Waals surface area (Å²) in [6.07, 6.45) is 6.24. The maximum atomic E-state index is 12.9. The van der Waals surface area contributed by atoms with Crippen molar-refractivity contribution in [1.82, 2.24) is 9.38 Å². The molecule has 2 heterocycles. The van der Waals surface area contributed by atoms with Gasteiger partial charge in [-0.1, -0.05) is 49.2 Å². The Labute approximate surface area is 155 Å². The molecule has 1 N–H and O–H groups in total. The Morgan fingerprint density at radius 2 is 2.00 bits per heavy atom. The van der Waals surface area contributed by atoms with Crippen LogP contribution in [0, 0.1) is 0 Å². The lowest BCUT2D eigenvalue weighted by molar-refractivity contribution is 0.0696. The SMILES string of the molecule is CCCc1c(/C=C/c2ccccc2Cl)nc2ccc(C(=O)O)cn2c1=O. The highest BCUT2D eigenvalue weighted by atomic mass is 35.5. The summed E-state index contributed by atoms with van der Waals surface area (Å²) >= 11 is 6.17. The molecule has 1 aromatic carbocycles. The Balaban J connectivity index is 2.17. The lowest BCUT2D eigenvalue weighted by Crippen LogP contribution is -2.22. The van der Waals surface area contributed by atoms with Crippen molar-refractivity contribution in [1.29, 1.82) is 0 Å². The van der Waals surface area contributed by atoms with Gasteiger partial charge < -0.3 is 5.11 Å². The summed E-state index contributed by atoms with van der Waals surface area (Å²) < 4.78 is 1.29. The molecule has 0 radical (unpaired) electrons. The maximum Gasteiger partial charge on any atom is 0.337 e. The van der Waals surface area contributed by atoms with Gasteiger partial charge in [-0.25, -0.2) is 9.78 Å². The molecule has 26 heavy (non-hydrogen) atoms. The molecule has 0 fully saturated rings. The molecule has 0 amide bonds. The first-order valence-corrected chi connectivity index (χ1v) is 8.60. The number of rotatable bonds is 5. The molecule has 0 aliphatic carbocycles. The van der Waals surface area contributed by atoms with E-state index < -0.39 is 5.97 Å². The lowest BCUT2D eigenvalue weighted by Gasteiger charge is -2.08. The molecule has 0 unspecified atom stereocenters. The van der Waals surface area contributed by atoms with Crippen LogP contribution in [0.2, 0.25) is 5.02 Å². The fourth-order valence-electron chi connectivity index (χ4n) is 2.72. The van der Waals surface area contributed by atoms with E-state index in [1.807, 2.05) is 31.2 Å². The third-order valence-electron chi connectivity index (χ3n) is 4.02. The van der Waals surface area contributed by atoms with Gasteiger partial charge in [-0.3, -0.25) is 9.20 Å². The number of carboxylic acid groups (broad SMARTS) is 1. The maximum absolute atomic E-state index is 12.9. The van der Waals surface area contributed by atoms with Gasteiger partial charge in [0.25, 0.3) is 5.56 Å². The fraction of sp³-hybridized carbons (Fsp3) is 0.150. The van der Waals surface area contributed by atoms with Gasteiger partial charge in [0.05, 0.1) is 11.3 Å². The zero-order valence-corrected chi connectivity index (χ0v) is 14.9. The zero-order chi connectivity index (χ0) is 18.7. The second-order valence-corrected chi connectivity index (χ2v) is 6.24. The Bertz CT molecular complexity index is 1070. The van der Waals surface area contributed by atoms with Crippen LogP contribution >= 0.6 is 11.6 Å². The fourth-order valence-corrected chi connectivity index (χ4v) is 2.92. The van der Waals surface area contributed by atoms with Gasteiger partial charge in [-0.2, -0.15) is 0 Å². The second kappa shape index (κ2) is 7.54. The highest BCUT2D eigenvalue weighted by Gasteiger charge is 2.12. The van der Waals surface area contributed by atoms with Crippen LogP contribution in [0.5, 0.6) is 0 Å². The molecule has 0 spiro atoms. The predicted octanol–water partition coefficient (Wildman–Crippen LogP) is 4.17. The van der Waals surface area contributed by atoms with E-state index >= 15 is 0 Å². The minimum Gasteiger partial charge on any atom is -0.478 e. The number of hydrogen-bond acceptors (Lipinski definition) is 3.